The lowest BCUT2D eigenvalue weighted by molar-refractivity contribution is 0.0734. The minimum Gasteiger partial charge on any atom is -0.491 e. The second-order valence-electron chi connectivity index (χ2n) is 9.97. The third-order valence-corrected chi connectivity index (χ3v) is 6.87. The number of rotatable bonds is 14. The van der Waals surface area contributed by atoms with Gasteiger partial charge in [0.25, 0.3) is 0 Å². The van der Waals surface area contributed by atoms with E-state index < -0.39 is 0 Å². The second kappa shape index (κ2) is 14.5. The molecule has 192 valence electrons. The summed E-state index contributed by atoms with van der Waals surface area (Å²) < 4.78 is 11.6. The highest BCUT2D eigenvalue weighted by Crippen LogP contribution is 2.25. The van der Waals surface area contributed by atoms with Crippen LogP contribution in [0.3, 0.4) is 0 Å². The minimum atomic E-state index is -0.368. The Balaban J connectivity index is 1.50. The zero-order valence-electron chi connectivity index (χ0n) is 22.5. The monoisotopic (exact) mass is 486 g/mol. The molecule has 0 aliphatic carbocycles. The van der Waals surface area contributed by atoms with Crippen molar-refractivity contribution in [3.63, 3.8) is 0 Å². The number of carbonyl (C=O) groups excluding carboxylic acids is 1. The van der Waals surface area contributed by atoms with Crippen LogP contribution >= 0.6 is 0 Å². The Morgan fingerprint density at radius 2 is 1.33 bits per heavy atom. The van der Waals surface area contributed by atoms with Gasteiger partial charge in [-0.1, -0.05) is 82.9 Å². The Bertz CT molecular complexity index is 1040. The number of unbranched alkanes of at least 4 members (excludes halogenated alkanes) is 3. The molecule has 0 heterocycles. The fourth-order valence-electron chi connectivity index (χ4n) is 4.18. The van der Waals surface area contributed by atoms with E-state index in [9.17, 15) is 4.79 Å². The van der Waals surface area contributed by atoms with Crippen molar-refractivity contribution >= 4 is 5.97 Å². The van der Waals surface area contributed by atoms with Gasteiger partial charge in [0.15, 0.2) is 0 Å². The van der Waals surface area contributed by atoms with Gasteiger partial charge in [0.1, 0.15) is 11.5 Å². The summed E-state index contributed by atoms with van der Waals surface area (Å²) >= 11 is 0. The van der Waals surface area contributed by atoms with Crippen LogP contribution in [-0.4, -0.2) is 12.1 Å². The maximum absolute atomic E-state index is 12.6. The summed E-state index contributed by atoms with van der Waals surface area (Å²) in [6.45, 7) is 8.87. The van der Waals surface area contributed by atoms with Crippen LogP contribution < -0.4 is 9.47 Å². The van der Waals surface area contributed by atoms with Crippen molar-refractivity contribution in [1.82, 2.24) is 0 Å². The van der Waals surface area contributed by atoms with Gasteiger partial charge < -0.3 is 9.47 Å². The van der Waals surface area contributed by atoms with Crippen molar-refractivity contribution in [3.05, 3.63) is 83.9 Å². The molecule has 0 bridgehead atoms. The molecule has 0 saturated carbocycles. The third-order valence-electron chi connectivity index (χ3n) is 6.87. The molecule has 3 nitrogen and oxygen atoms in total. The minimum absolute atomic E-state index is 0.166. The Hall–Kier alpha value is -3.07. The fourth-order valence-corrected chi connectivity index (χ4v) is 4.18. The number of carbonyl (C=O) groups is 1. The molecule has 0 fully saturated rings. The molecular weight excluding hydrogens is 444 g/mol. The van der Waals surface area contributed by atoms with Crippen LogP contribution in [0.4, 0.5) is 0 Å². The maximum atomic E-state index is 12.6. The first-order valence-corrected chi connectivity index (χ1v) is 13.7. The quantitative estimate of drug-likeness (QED) is 0.129. The lowest BCUT2D eigenvalue weighted by Crippen LogP contribution is -2.12. The van der Waals surface area contributed by atoms with Crippen LogP contribution in [0.5, 0.6) is 11.5 Å². The predicted molar refractivity (Wildman–Crippen MR) is 150 cm³/mol. The molecule has 0 aromatic heterocycles. The van der Waals surface area contributed by atoms with Crippen LogP contribution in [0.15, 0.2) is 72.8 Å². The Kier molecular flexibility index (Phi) is 11.1. The van der Waals surface area contributed by atoms with Crippen LogP contribution in [0.25, 0.3) is 11.1 Å². The highest BCUT2D eigenvalue weighted by atomic mass is 16.5. The average molecular weight is 487 g/mol. The van der Waals surface area contributed by atoms with E-state index in [0.717, 1.165) is 35.6 Å². The van der Waals surface area contributed by atoms with E-state index in [2.05, 4.69) is 52.0 Å². The smallest absolute Gasteiger partial charge is 0.343 e. The first-order valence-electron chi connectivity index (χ1n) is 13.7. The molecule has 2 atom stereocenters. The lowest BCUT2D eigenvalue weighted by Gasteiger charge is -2.14. The zero-order chi connectivity index (χ0) is 25.8. The number of hydrogen-bond acceptors (Lipinski definition) is 3. The van der Waals surface area contributed by atoms with Crippen molar-refractivity contribution in [3.8, 4) is 22.6 Å². The Morgan fingerprint density at radius 3 is 1.94 bits per heavy atom. The fraction of sp³-hybridized carbons (Fsp3) is 0.424. The largest absolute Gasteiger partial charge is 0.491 e. The number of hydrogen-bond donors (Lipinski definition) is 0. The van der Waals surface area contributed by atoms with Crippen molar-refractivity contribution in [2.45, 2.75) is 85.2 Å². The molecule has 3 aromatic carbocycles. The maximum Gasteiger partial charge on any atom is 0.343 e. The van der Waals surface area contributed by atoms with Crippen LogP contribution in [0.2, 0.25) is 0 Å². The molecule has 0 radical (unpaired) electrons. The predicted octanol–water partition coefficient (Wildman–Crippen LogP) is 9.29. The Morgan fingerprint density at radius 1 is 0.722 bits per heavy atom. The van der Waals surface area contributed by atoms with Crippen LogP contribution in [-0.2, 0) is 6.42 Å². The molecule has 0 unspecified atom stereocenters. The van der Waals surface area contributed by atoms with Gasteiger partial charge in [0.05, 0.1) is 11.7 Å². The third kappa shape index (κ3) is 8.86. The number of benzene rings is 3. The topological polar surface area (TPSA) is 35.5 Å². The second-order valence-corrected chi connectivity index (χ2v) is 9.97. The highest BCUT2D eigenvalue weighted by molar-refractivity contribution is 5.91. The van der Waals surface area contributed by atoms with Gasteiger partial charge in [-0.25, -0.2) is 4.79 Å². The summed E-state index contributed by atoms with van der Waals surface area (Å²) in [4.78, 5) is 12.6. The molecule has 0 aliphatic rings. The van der Waals surface area contributed by atoms with E-state index >= 15 is 0 Å². The standard InChI is InChI=1S/C33H42O3/c1-5-7-8-9-10-26(4)35-31-23-19-30(20-24-31)33(34)36-32-21-17-29(18-22-32)28-15-13-27(14-16-28)12-11-25(3)6-2/h13-26H,5-12H2,1-4H3/t25-,26+/m0/s1. The van der Waals surface area contributed by atoms with Crippen molar-refractivity contribution in [1.29, 1.82) is 0 Å². The SMILES string of the molecule is CCCCCC[C@@H](C)Oc1ccc(C(=O)Oc2ccc(-c3ccc(CC[C@@H](C)CC)cc3)cc2)cc1. The summed E-state index contributed by atoms with van der Waals surface area (Å²) in [5.41, 5.74) is 4.15. The van der Waals surface area contributed by atoms with Gasteiger partial charge in [-0.05, 0) is 91.6 Å². The first kappa shape index (κ1) is 27.5. The summed E-state index contributed by atoms with van der Waals surface area (Å²) in [6.07, 6.45) is 9.73. The summed E-state index contributed by atoms with van der Waals surface area (Å²) in [5.74, 6) is 1.72. The van der Waals surface area contributed by atoms with E-state index in [1.54, 1.807) is 12.1 Å². The number of aryl methyl sites for hydroxylation is 1. The van der Waals surface area contributed by atoms with Gasteiger partial charge in [0.2, 0.25) is 0 Å². The van der Waals surface area contributed by atoms with Gasteiger partial charge in [-0.15, -0.1) is 0 Å². The van der Waals surface area contributed by atoms with Crippen molar-refractivity contribution in [2.24, 2.45) is 5.92 Å². The summed E-state index contributed by atoms with van der Waals surface area (Å²) in [7, 11) is 0. The molecular formula is C33H42O3. The molecule has 0 saturated heterocycles. The molecule has 3 aromatic rings. The molecule has 3 heteroatoms. The van der Waals surface area contributed by atoms with Crippen molar-refractivity contribution < 1.29 is 14.3 Å². The molecule has 0 amide bonds. The number of esters is 1. The van der Waals surface area contributed by atoms with Crippen LogP contribution in [0.1, 0.15) is 88.6 Å². The number of ether oxygens (including phenoxy) is 2. The van der Waals surface area contributed by atoms with Crippen LogP contribution in [0, 0.1) is 5.92 Å². The molecule has 0 spiro atoms. The van der Waals surface area contributed by atoms with E-state index in [0.29, 0.717) is 11.3 Å². The average Bonchev–Trinajstić information content (AvgIpc) is 2.91. The highest BCUT2D eigenvalue weighted by Gasteiger charge is 2.11. The normalized spacial score (nSPS) is 12.7. The van der Waals surface area contributed by atoms with E-state index in [1.165, 1.54) is 44.1 Å². The zero-order valence-corrected chi connectivity index (χ0v) is 22.5. The summed E-state index contributed by atoms with van der Waals surface area (Å²) in [6, 6.07) is 23.7. The molecule has 36 heavy (non-hydrogen) atoms. The van der Waals surface area contributed by atoms with E-state index in [4.69, 9.17) is 9.47 Å². The first-order chi connectivity index (χ1) is 17.5. The van der Waals surface area contributed by atoms with Gasteiger partial charge in [-0.3, -0.25) is 0 Å². The van der Waals surface area contributed by atoms with E-state index in [-0.39, 0.29) is 12.1 Å². The van der Waals surface area contributed by atoms with Gasteiger partial charge in [0, 0.05) is 0 Å². The van der Waals surface area contributed by atoms with Crippen molar-refractivity contribution in [2.75, 3.05) is 0 Å². The molecule has 0 aliphatic heterocycles. The molecule has 3 rings (SSSR count). The van der Waals surface area contributed by atoms with E-state index in [1.807, 2.05) is 36.4 Å². The lowest BCUT2D eigenvalue weighted by atomic mass is 9.97. The van der Waals surface area contributed by atoms with Gasteiger partial charge in [-0.2, -0.15) is 0 Å². The van der Waals surface area contributed by atoms with Gasteiger partial charge >= 0.3 is 5.97 Å². The summed E-state index contributed by atoms with van der Waals surface area (Å²) in [5, 5.41) is 0. The Labute approximate surface area is 217 Å². The molecule has 0 N–H and O–H groups in total.